The monoisotopic (exact) mass is 401 g/mol. The van der Waals surface area contributed by atoms with E-state index in [0.29, 0.717) is 37.7 Å². The maximum Gasteiger partial charge on any atom is 0.161 e. The van der Waals surface area contributed by atoms with E-state index in [-0.39, 0.29) is 5.76 Å². The van der Waals surface area contributed by atoms with Crippen molar-refractivity contribution >= 4 is 22.7 Å². The molecule has 0 saturated carbocycles. The first-order valence-corrected chi connectivity index (χ1v) is 10.3. The maximum atomic E-state index is 10.4. The van der Waals surface area contributed by atoms with Crippen molar-refractivity contribution in [2.75, 3.05) is 26.3 Å². The highest BCUT2D eigenvalue weighted by atomic mass is 32.1. The van der Waals surface area contributed by atoms with Crippen LogP contribution in [0.25, 0.3) is 5.57 Å². The van der Waals surface area contributed by atoms with Crippen molar-refractivity contribution in [2.24, 2.45) is 0 Å². The number of ether oxygens (including phenoxy) is 2. The molecule has 0 radical (unpaired) electrons. The molecule has 3 rings (SSSR count). The van der Waals surface area contributed by atoms with Crippen LogP contribution < -0.4 is 9.47 Å². The summed E-state index contributed by atoms with van der Waals surface area (Å²) >= 11 is 1.52. The molecule has 150 valence electrons. The van der Waals surface area contributed by atoms with E-state index in [9.17, 15) is 5.11 Å². The van der Waals surface area contributed by atoms with Crippen LogP contribution in [0.2, 0.25) is 0 Å². The lowest BCUT2D eigenvalue weighted by atomic mass is 10.1. The van der Waals surface area contributed by atoms with Crippen molar-refractivity contribution in [3.8, 4) is 11.5 Å². The molecule has 0 unspecified atom stereocenters. The van der Waals surface area contributed by atoms with Gasteiger partial charge in [-0.1, -0.05) is 6.07 Å². The lowest BCUT2D eigenvalue weighted by molar-refractivity contribution is 0.287. The van der Waals surface area contributed by atoms with E-state index in [4.69, 9.17) is 14.9 Å². The van der Waals surface area contributed by atoms with Crippen molar-refractivity contribution < 1.29 is 14.6 Å². The molecule has 1 aromatic carbocycles. The zero-order chi connectivity index (χ0) is 20.3. The lowest BCUT2D eigenvalue weighted by Gasteiger charge is -2.19. The SMILES string of the molecule is CCOc1ccc(CCN2CC(O)=C(c3nc(C)c(C)s3)C2=N)cc1OCC. The van der Waals surface area contributed by atoms with Gasteiger partial charge < -0.3 is 19.5 Å². The molecular weight excluding hydrogens is 374 g/mol. The van der Waals surface area contributed by atoms with E-state index < -0.39 is 0 Å². The molecule has 0 fully saturated rings. The van der Waals surface area contributed by atoms with Gasteiger partial charge >= 0.3 is 0 Å². The van der Waals surface area contributed by atoms with Gasteiger partial charge in [0, 0.05) is 11.4 Å². The van der Waals surface area contributed by atoms with Crippen LogP contribution in [0.4, 0.5) is 0 Å². The Labute approximate surface area is 169 Å². The number of hydrogen-bond donors (Lipinski definition) is 2. The molecule has 1 aliphatic rings. The van der Waals surface area contributed by atoms with Gasteiger partial charge in [-0.05, 0) is 51.8 Å². The van der Waals surface area contributed by atoms with E-state index in [0.717, 1.165) is 39.1 Å². The quantitative estimate of drug-likeness (QED) is 0.687. The molecule has 2 heterocycles. The van der Waals surface area contributed by atoms with Crippen LogP contribution in [0.5, 0.6) is 11.5 Å². The summed E-state index contributed by atoms with van der Waals surface area (Å²) in [5.74, 6) is 2.05. The van der Waals surface area contributed by atoms with Crippen LogP contribution in [-0.2, 0) is 6.42 Å². The summed E-state index contributed by atoms with van der Waals surface area (Å²) in [6.45, 7) is 10.0. The second-order valence-corrected chi connectivity index (χ2v) is 7.85. The fourth-order valence-corrected chi connectivity index (χ4v) is 4.13. The van der Waals surface area contributed by atoms with Crippen molar-refractivity contribution in [2.45, 2.75) is 34.1 Å². The molecule has 0 saturated heterocycles. The number of aliphatic hydroxyl groups excluding tert-OH is 1. The zero-order valence-corrected chi connectivity index (χ0v) is 17.7. The minimum atomic E-state index is 0.223. The Hall–Kier alpha value is -2.54. The minimum Gasteiger partial charge on any atom is -0.510 e. The molecule has 2 N–H and O–H groups in total. The Morgan fingerprint density at radius 2 is 1.89 bits per heavy atom. The molecule has 1 aromatic heterocycles. The summed E-state index contributed by atoms with van der Waals surface area (Å²) in [6, 6.07) is 5.95. The van der Waals surface area contributed by atoms with Crippen molar-refractivity contribution in [1.29, 1.82) is 5.41 Å². The number of nitrogens with zero attached hydrogens (tertiary/aromatic N) is 2. The second kappa shape index (κ2) is 8.65. The topological polar surface area (TPSA) is 78.7 Å². The molecule has 7 heteroatoms. The Kier molecular flexibility index (Phi) is 6.24. The van der Waals surface area contributed by atoms with Crippen LogP contribution in [-0.4, -0.2) is 47.1 Å². The first-order chi connectivity index (χ1) is 13.4. The third-order valence-electron chi connectivity index (χ3n) is 4.70. The number of benzene rings is 1. The first-order valence-electron chi connectivity index (χ1n) is 9.53. The van der Waals surface area contributed by atoms with Crippen LogP contribution in [0.3, 0.4) is 0 Å². The van der Waals surface area contributed by atoms with Gasteiger partial charge in [-0.25, -0.2) is 4.98 Å². The molecule has 0 atom stereocenters. The molecule has 0 aliphatic carbocycles. The highest BCUT2D eigenvalue weighted by Crippen LogP contribution is 2.32. The largest absolute Gasteiger partial charge is 0.510 e. The fraction of sp³-hybridized carbons (Fsp3) is 0.429. The third kappa shape index (κ3) is 4.14. The summed E-state index contributed by atoms with van der Waals surface area (Å²) in [5.41, 5.74) is 2.61. The number of amidine groups is 1. The molecular formula is C21H27N3O3S. The van der Waals surface area contributed by atoms with Crippen LogP contribution in [0.1, 0.15) is 35.0 Å². The van der Waals surface area contributed by atoms with Gasteiger partial charge in [0.1, 0.15) is 16.6 Å². The normalized spacial score (nSPS) is 14.1. The predicted molar refractivity (Wildman–Crippen MR) is 113 cm³/mol. The molecule has 0 bridgehead atoms. The van der Waals surface area contributed by atoms with Gasteiger partial charge in [-0.3, -0.25) is 5.41 Å². The summed E-state index contributed by atoms with van der Waals surface area (Å²) in [5, 5.41) is 19.6. The van der Waals surface area contributed by atoms with Crippen molar-refractivity contribution in [3.63, 3.8) is 0 Å². The number of thiazole rings is 1. The number of aromatic nitrogens is 1. The van der Waals surface area contributed by atoms with Gasteiger partial charge in [0.05, 0.1) is 31.0 Å². The van der Waals surface area contributed by atoms with E-state index >= 15 is 0 Å². The molecule has 6 nitrogen and oxygen atoms in total. The Morgan fingerprint density at radius 3 is 2.54 bits per heavy atom. The van der Waals surface area contributed by atoms with E-state index in [1.54, 1.807) is 0 Å². The van der Waals surface area contributed by atoms with Gasteiger partial charge in [0.15, 0.2) is 11.5 Å². The standard InChI is InChI=1S/C21H27N3O3S/c1-5-26-17-8-7-15(11-18(17)27-6-2)9-10-24-12-16(25)19(20(24)22)21-23-13(3)14(4)28-21/h7-8,11,22,25H,5-6,9-10,12H2,1-4H3. The third-order valence-corrected chi connectivity index (χ3v) is 5.79. The van der Waals surface area contributed by atoms with Gasteiger partial charge in [-0.2, -0.15) is 0 Å². The summed E-state index contributed by atoms with van der Waals surface area (Å²) in [7, 11) is 0. The highest BCUT2D eigenvalue weighted by Gasteiger charge is 2.30. The summed E-state index contributed by atoms with van der Waals surface area (Å²) < 4.78 is 11.3. The number of nitrogens with one attached hydrogen (secondary N) is 1. The number of hydrogen-bond acceptors (Lipinski definition) is 6. The fourth-order valence-electron chi connectivity index (χ4n) is 3.14. The van der Waals surface area contributed by atoms with E-state index in [1.807, 2.05) is 50.8 Å². The van der Waals surface area contributed by atoms with Crippen LogP contribution in [0.15, 0.2) is 24.0 Å². The summed E-state index contributed by atoms with van der Waals surface area (Å²) in [6.07, 6.45) is 0.741. The number of aliphatic hydroxyl groups is 1. The van der Waals surface area contributed by atoms with Gasteiger partial charge in [0.25, 0.3) is 0 Å². The van der Waals surface area contributed by atoms with Crippen molar-refractivity contribution in [1.82, 2.24) is 9.88 Å². The molecule has 0 spiro atoms. The Bertz CT molecular complexity index is 885. The highest BCUT2D eigenvalue weighted by molar-refractivity contribution is 7.13. The van der Waals surface area contributed by atoms with E-state index in [1.165, 1.54) is 11.3 Å². The minimum absolute atomic E-state index is 0.223. The summed E-state index contributed by atoms with van der Waals surface area (Å²) in [4.78, 5) is 7.50. The van der Waals surface area contributed by atoms with E-state index in [2.05, 4.69) is 4.98 Å². The molecule has 1 aliphatic heterocycles. The van der Waals surface area contributed by atoms with Crippen molar-refractivity contribution in [3.05, 3.63) is 45.1 Å². The van der Waals surface area contributed by atoms with Crippen LogP contribution in [0, 0.1) is 19.3 Å². The maximum absolute atomic E-state index is 10.4. The van der Waals surface area contributed by atoms with Gasteiger partial charge in [-0.15, -0.1) is 11.3 Å². The predicted octanol–water partition coefficient (Wildman–Crippen LogP) is 4.36. The number of aryl methyl sites for hydroxylation is 2. The number of rotatable bonds is 8. The Balaban J connectivity index is 1.69. The Morgan fingerprint density at radius 1 is 1.18 bits per heavy atom. The second-order valence-electron chi connectivity index (χ2n) is 6.65. The average Bonchev–Trinajstić information content (AvgIpc) is 3.13. The molecule has 0 amide bonds. The lowest BCUT2D eigenvalue weighted by Crippen LogP contribution is -2.28. The smallest absolute Gasteiger partial charge is 0.161 e. The van der Waals surface area contributed by atoms with Crippen LogP contribution >= 0.6 is 11.3 Å². The van der Waals surface area contributed by atoms with Gasteiger partial charge in [0.2, 0.25) is 0 Å². The zero-order valence-electron chi connectivity index (χ0n) is 16.8. The average molecular weight is 402 g/mol. The molecule has 28 heavy (non-hydrogen) atoms. The molecule has 2 aromatic rings. The first kappa shape index (κ1) is 20.2.